The lowest BCUT2D eigenvalue weighted by Gasteiger charge is -2.61. The van der Waals surface area contributed by atoms with Gasteiger partial charge in [0, 0.05) is 23.9 Å². The Morgan fingerprint density at radius 3 is 2.33 bits per heavy atom. The summed E-state index contributed by atoms with van der Waals surface area (Å²) in [7, 11) is -0.237. The number of fused-ring (bicyclic) bond motifs is 5. The second kappa shape index (κ2) is 11.5. The molecule has 1 saturated heterocycles. The van der Waals surface area contributed by atoms with Crippen LogP contribution >= 0.6 is 0 Å². The summed E-state index contributed by atoms with van der Waals surface area (Å²) in [6.07, 6.45) is 8.25. The molecule has 0 aromatic heterocycles. The van der Waals surface area contributed by atoms with Crippen molar-refractivity contribution in [2.45, 2.75) is 137 Å². The van der Waals surface area contributed by atoms with Crippen LogP contribution in [0.5, 0.6) is 0 Å². The third-order valence-corrected chi connectivity index (χ3v) is 17.8. The van der Waals surface area contributed by atoms with Crippen LogP contribution in [0.2, 0.25) is 18.1 Å². The molecule has 0 bridgehead atoms. The first-order valence-electron chi connectivity index (χ1n) is 16.9. The fourth-order valence-electron chi connectivity index (χ4n) is 9.83. The van der Waals surface area contributed by atoms with E-state index in [1.807, 2.05) is 0 Å². The van der Waals surface area contributed by atoms with Crippen molar-refractivity contribution in [2.24, 2.45) is 45.8 Å². The standard InChI is InChI=1S/C35H62O6Si/c1-22(31-38-19-33(5,6)20-39-31)25-12-13-26-30-27(14-15-34(25,26)7)35(8)23(17-28(30)36)16-24(18-29(35)40-21-37-9)41-42(10,11)32(2,3)4/h17,22,24-31,36H,12-16,18-21H2,1-11H3/t22?,24?,25-,26+,27+,28?,29?,30+,34-,35+/m1/s1. The van der Waals surface area contributed by atoms with E-state index in [1.165, 1.54) is 24.8 Å². The molecule has 0 spiro atoms. The molecule has 10 atom stereocenters. The Labute approximate surface area is 257 Å². The van der Waals surface area contributed by atoms with E-state index in [1.54, 1.807) is 7.11 Å². The quantitative estimate of drug-likeness (QED) is 0.183. The Kier molecular flexibility index (Phi) is 9.06. The van der Waals surface area contributed by atoms with Gasteiger partial charge in [-0.15, -0.1) is 0 Å². The first kappa shape index (κ1) is 33.1. The number of aliphatic hydroxyl groups excluding tert-OH is 1. The van der Waals surface area contributed by atoms with Crippen molar-refractivity contribution >= 4 is 8.32 Å². The molecule has 0 aromatic rings. The van der Waals surface area contributed by atoms with Crippen molar-refractivity contribution in [3.05, 3.63) is 11.6 Å². The maximum Gasteiger partial charge on any atom is 0.192 e. The first-order chi connectivity index (χ1) is 19.4. The summed E-state index contributed by atoms with van der Waals surface area (Å²) in [5, 5.41) is 12.1. The predicted octanol–water partition coefficient (Wildman–Crippen LogP) is 7.56. The van der Waals surface area contributed by atoms with Gasteiger partial charge in [-0.1, -0.05) is 67.0 Å². The minimum Gasteiger partial charge on any atom is -0.414 e. The summed E-state index contributed by atoms with van der Waals surface area (Å²) in [6.45, 7) is 25.1. The van der Waals surface area contributed by atoms with Gasteiger partial charge >= 0.3 is 0 Å². The van der Waals surface area contributed by atoms with Crippen molar-refractivity contribution in [1.29, 1.82) is 0 Å². The zero-order valence-electron chi connectivity index (χ0n) is 28.6. The third-order valence-electron chi connectivity index (χ3n) is 13.2. The number of ether oxygens (including phenoxy) is 4. The minimum atomic E-state index is -1.95. The molecule has 4 fully saturated rings. The van der Waals surface area contributed by atoms with Gasteiger partial charge in [-0.05, 0) is 85.7 Å². The maximum atomic E-state index is 11.9. The molecule has 0 aromatic carbocycles. The number of aliphatic hydroxyl groups is 1. The zero-order valence-corrected chi connectivity index (χ0v) is 29.6. The van der Waals surface area contributed by atoms with E-state index in [0.717, 1.165) is 32.5 Å². The SMILES string of the molecule is COCOC1CC(O[Si](C)(C)C(C)(C)C)CC2=CC(O)[C@H]3[C@@H]4CC[C@H](C(C)C5OCC(C)(C)CO5)[C@@]4(C)CC[C@@H]3[C@]21C. The summed E-state index contributed by atoms with van der Waals surface area (Å²) in [5.41, 5.74) is 1.49. The van der Waals surface area contributed by atoms with Gasteiger partial charge in [-0.25, -0.2) is 0 Å². The van der Waals surface area contributed by atoms with Crippen LogP contribution in [0.1, 0.15) is 93.9 Å². The maximum absolute atomic E-state index is 11.9. The number of methoxy groups -OCH3 is 1. The highest BCUT2D eigenvalue weighted by molar-refractivity contribution is 6.74. The van der Waals surface area contributed by atoms with Crippen LogP contribution in [0.25, 0.3) is 0 Å². The fourth-order valence-corrected chi connectivity index (χ4v) is 11.2. The molecule has 0 radical (unpaired) electrons. The molecule has 5 rings (SSSR count). The summed E-state index contributed by atoms with van der Waals surface area (Å²) in [6, 6.07) is 0. The number of rotatable bonds is 7. The third kappa shape index (κ3) is 5.64. The zero-order chi connectivity index (χ0) is 30.9. The van der Waals surface area contributed by atoms with Crippen molar-refractivity contribution < 1.29 is 28.5 Å². The van der Waals surface area contributed by atoms with E-state index in [-0.39, 0.29) is 45.7 Å². The van der Waals surface area contributed by atoms with Gasteiger partial charge in [0.05, 0.1) is 31.5 Å². The van der Waals surface area contributed by atoms with E-state index in [9.17, 15) is 5.11 Å². The largest absolute Gasteiger partial charge is 0.414 e. The monoisotopic (exact) mass is 606 g/mol. The highest BCUT2D eigenvalue weighted by atomic mass is 28.4. The minimum absolute atomic E-state index is 0.0140. The molecule has 1 N–H and O–H groups in total. The summed E-state index contributed by atoms with van der Waals surface area (Å²) < 4.78 is 31.6. The summed E-state index contributed by atoms with van der Waals surface area (Å²) in [5.74, 6) is 1.99. The lowest BCUT2D eigenvalue weighted by atomic mass is 9.45. The highest BCUT2D eigenvalue weighted by Crippen LogP contribution is 2.68. The average molecular weight is 607 g/mol. The van der Waals surface area contributed by atoms with Crippen molar-refractivity contribution in [1.82, 2.24) is 0 Å². The van der Waals surface area contributed by atoms with Crippen LogP contribution in [0, 0.1) is 45.8 Å². The van der Waals surface area contributed by atoms with E-state index in [4.69, 9.17) is 23.4 Å². The number of hydrogen-bond donors (Lipinski definition) is 1. The first-order valence-corrected chi connectivity index (χ1v) is 19.8. The number of hydrogen-bond acceptors (Lipinski definition) is 6. The van der Waals surface area contributed by atoms with Gasteiger partial charge in [0.25, 0.3) is 0 Å². The molecule has 1 heterocycles. The topological polar surface area (TPSA) is 66.4 Å². The molecule has 3 saturated carbocycles. The van der Waals surface area contributed by atoms with Crippen LogP contribution < -0.4 is 0 Å². The van der Waals surface area contributed by atoms with E-state index in [0.29, 0.717) is 30.5 Å². The molecule has 4 aliphatic carbocycles. The Morgan fingerprint density at radius 2 is 1.71 bits per heavy atom. The summed E-state index contributed by atoms with van der Waals surface area (Å²) in [4.78, 5) is 0. The van der Waals surface area contributed by atoms with E-state index < -0.39 is 14.4 Å². The predicted molar refractivity (Wildman–Crippen MR) is 169 cm³/mol. The summed E-state index contributed by atoms with van der Waals surface area (Å²) >= 11 is 0. The molecular formula is C35H62O6Si. The van der Waals surface area contributed by atoms with Gasteiger partial charge < -0.3 is 28.5 Å². The fraction of sp³-hybridized carbons (Fsp3) is 0.943. The van der Waals surface area contributed by atoms with Crippen LogP contribution in [-0.4, -0.2) is 65.1 Å². The lowest BCUT2D eigenvalue weighted by molar-refractivity contribution is -0.253. The van der Waals surface area contributed by atoms with Crippen LogP contribution in [0.4, 0.5) is 0 Å². The molecule has 4 unspecified atom stereocenters. The lowest BCUT2D eigenvalue weighted by Crippen LogP contribution is -2.60. The van der Waals surface area contributed by atoms with Crippen LogP contribution in [0.3, 0.4) is 0 Å². The average Bonchev–Trinajstić information content (AvgIpc) is 3.24. The molecule has 42 heavy (non-hydrogen) atoms. The van der Waals surface area contributed by atoms with E-state index >= 15 is 0 Å². The molecule has 5 aliphatic rings. The van der Waals surface area contributed by atoms with Gasteiger partial charge in [-0.2, -0.15) is 0 Å². The Balaban J connectivity index is 1.40. The van der Waals surface area contributed by atoms with Gasteiger partial charge in [-0.3, -0.25) is 0 Å². The second-order valence-electron chi connectivity index (χ2n) is 17.5. The molecule has 7 heteroatoms. The molecule has 6 nitrogen and oxygen atoms in total. The van der Waals surface area contributed by atoms with E-state index in [2.05, 4.69) is 74.6 Å². The smallest absolute Gasteiger partial charge is 0.192 e. The van der Waals surface area contributed by atoms with Crippen molar-refractivity contribution in [3.8, 4) is 0 Å². The Hall–Kier alpha value is -0.283. The highest BCUT2D eigenvalue weighted by Gasteiger charge is 2.64. The van der Waals surface area contributed by atoms with Crippen LogP contribution in [-0.2, 0) is 23.4 Å². The normalized spacial score (nSPS) is 43.2. The molecule has 1 aliphatic heterocycles. The Morgan fingerprint density at radius 1 is 1.05 bits per heavy atom. The second-order valence-corrected chi connectivity index (χ2v) is 22.3. The van der Waals surface area contributed by atoms with Gasteiger partial charge in [0.15, 0.2) is 14.6 Å². The van der Waals surface area contributed by atoms with Crippen molar-refractivity contribution in [3.63, 3.8) is 0 Å². The van der Waals surface area contributed by atoms with Gasteiger partial charge in [0.2, 0.25) is 0 Å². The van der Waals surface area contributed by atoms with Gasteiger partial charge in [0.1, 0.15) is 6.79 Å². The van der Waals surface area contributed by atoms with Crippen LogP contribution in [0.15, 0.2) is 11.6 Å². The molecule has 0 amide bonds. The molecule has 242 valence electrons. The molecular weight excluding hydrogens is 544 g/mol. The Bertz CT molecular complexity index is 994. The van der Waals surface area contributed by atoms with Crippen molar-refractivity contribution in [2.75, 3.05) is 27.1 Å².